The molecule has 1 fully saturated rings. The van der Waals surface area contributed by atoms with Gasteiger partial charge in [-0.15, -0.1) is 0 Å². The summed E-state index contributed by atoms with van der Waals surface area (Å²) in [5.74, 6) is 1.44. The SMILES string of the molecule is CBC1CCCCC(OP(=O)(O)OC)CC(CC)CC1. The van der Waals surface area contributed by atoms with E-state index in [1.807, 2.05) is 0 Å². The van der Waals surface area contributed by atoms with Crippen molar-refractivity contribution in [2.45, 2.75) is 77.0 Å². The first-order chi connectivity index (χ1) is 9.50. The van der Waals surface area contributed by atoms with Gasteiger partial charge in [0, 0.05) is 7.11 Å². The zero-order valence-corrected chi connectivity index (χ0v) is 14.1. The maximum atomic E-state index is 11.6. The molecule has 6 heteroatoms. The van der Waals surface area contributed by atoms with Gasteiger partial charge in [-0.25, -0.2) is 4.57 Å². The van der Waals surface area contributed by atoms with Crippen LogP contribution in [-0.4, -0.2) is 25.4 Å². The van der Waals surface area contributed by atoms with Crippen molar-refractivity contribution in [2.24, 2.45) is 5.92 Å². The lowest BCUT2D eigenvalue weighted by Crippen LogP contribution is -2.19. The molecule has 1 N–H and O–H groups in total. The van der Waals surface area contributed by atoms with Crippen LogP contribution in [0.5, 0.6) is 0 Å². The second-order valence-electron chi connectivity index (χ2n) is 6.02. The van der Waals surface area contributed by atoms with Crippen LogP contribution in [0.4, 0.5) is 0 Å². The quantitative estimate of drug-likeness (QED) is 0.612. The molecule has 0 aromatic heterocycles. The Bertz CT molecular complexity index is 314. The minimum absolute atomic E-state index is 0.145. The van der Waals surface area contributed by atoms with Crippen molar-refractivity contribution >= 4 is 15.1 Å². The Hall–Kier alpha value is 0.175. The second-order valence-corrected chi connectivity index (χ2v) is 7.54. The summed E-state index contributed by atoms with van der Waals surface area (Å²) in [5, 5.41) is 0. The van der Waals surface area contributed by atoms with Crippen molar-refractivity contribution in [1.29, 1.82) is 0 Å². The van der Waals surface area contributed by atoms with Crippen LogP contribution in [0.3, 0.4) is 0 Å². The molecule has 118 valence electrons. The number of phosphoric acid groups is 1. The lowest BCUT2D eigenvalue weighted by molar-refractivity contribution is 0.0899. The third kappa shape index (κ3) is 6.75. The molecule has 0 heterocycles. The summed E-state index contributed by atoms with van der Waals surface area (Å²) in [6, 6.07) is 0. The topological polar surface area (TPSA) is 55.8 Å². The van der Waals surface area contributed by atoms with Gasteiger partial charge < -0.3 is 4.89 Å². The summed E-state index contributed by atoms with van der Waals surface area (Å²) >= 11 is 0. The van der Waals surface area contributed by atoms with Gasteiger partial charge in [0.2, 0.25) is 0 Å². The zero-order valence-electron chi connectivity index (χ0n) is 13.2. The molecule has 0 spiro atoms. The van der Waals surface area contributed by atoms with E-state index < -0.39 is 7.82 Å². The van der Waals surface area contributed by atoms with E-state index in [4.69, 9.17) is 4.52 Å². The van der Waals surface area contributed by atoms with E-state index in [9.17, 15) is 9.46 Å². The summed E-state index contributed by atoms with van der Waals surface area (Å²) in [6.07, 6.45) is 8.73. The molecule has 0 aromatic rings. The molecule has 1 aliphatic rings. The molecule has 0 saturated heterocycles. The molecule has 1 aliphatic carbocycles. The van der Waals surface area contributed by atoms with Gasteiger partial charge in [-0.2, -0.15) is 0 Å². The second kappa shape index (κ2) is 9.25. The summed E-state index contributed by atoms with van der Waals surface area (Å²) in [4.78, 5) is 9.51. The Morgan fingerprint density at radius 1 is 1.25 bits per heavy atom. The summed E-state index contributed by atoms with van der Waals surface area (Å²) in [6.45, 7) is 4.48. The molecule has 1 saturated carbocycles. The number of rotatable bonds is 5. The highest BCUT2D eigenvalue weighted by molar-refractivity contribution is 7.47. The highest BCUT2D eigenvalue weighted by Crippen LogP contribution is 2.45. The van der Waals surface area contributed by atoms with Crippen LogP contribution in [0.25, 0.3) is 0 Å². The van der Waals surface area contributed by atoms with Crippen molar-refractivity contribution in [1.82, 2.24) is 0 Å². The Morgan fingerprint density at radius 3 is 2.55 bits per heavy atom. The van der Waals surface area contributed by atoms with Crippen molar-refractivity contribution < 1.29 is 18.5 Å². The van der Waals surface area contributed by atoms with E-state index >= 15 is 0 Å². The molecule has 4 nitrogen and oxygen atoms in total. The summed E-state index contributed by atoms with van der Waals surface area (Å²) < 4.78 is 21.5. The van der Waals surface area contributed by atoms with E-state index in [2.05, 4.69) is 18.3 Å². The first-order valence-corrected chi connectivity index (χ1v) is 9.57. The molecule has 0 aromatic carbocycles. The minimum Gasteiger partial charge on any atom is -0.302 e. The van der Waals surface area contributed by atoms with Gasteiger partial charge in [0.1, 0.15) is 7.28 Å². The lowest BCUT2D eigenvalue weighted by Gasteiger charge is -2.27. The first-order valence-electron chi connectivity index (χ1n) is 8.07. The van der Waals surface area contributed by atoms with E-state index in [0.717, 1.165) is 31.5 Å². The fraction of sp³-hybridized carbons (Fsp3) is 1.00. The predicted molar refractivity (Wildman–Crippen MR) is 84.6 cm³/mol. The van der Waals surface area contributed by atoms with Crippen LogP contribution < -0.4 is 0 Å². The number of hydrogen-bond donors (Lipinski definition) is 1. The Labute approximate surface area is 124 Å². The van der Waals surface area contributed by atoms with Crippen molar-refractivity contribution in [3.63, 3.8) is 0 Å². The maximum absolute atomic E-state index is 11.6. The third-order valence-corrected chi connectivity index (χ3v) is 5.66. The molecule has 0 radical (unpaired) electrons. The van der Waals surface area contributed by atoms with Crippen LogP contribution >= 0.6 is 7.82 Å². The van der Waals surface area contributed by atoms with Gasteiger partial charge in [0.25, 0.3) is 0 Å². The van der Waals surface area contributed by atoms with E-state index in [1.54, 1.807) is 0 Å². The van der Waals surface area contributed by atoms with Gasteiger partial charge in [0.15, 0.2) is 0 Å². The molecule has 0 aliphatic heterocycles. The van der Waals surface area contributed by atoms with Crippen LogP contribution in [0.15, 0.2) is 0 Å². The lowest BCUT2D eigenvalue weighted by atomic mass is 9.62. The van der Waals surface area contributed by atoms with Crippen molar-refractivity contribution in [3.8, 4) is 0 Å². The standard InChI is InChI=1S/C14H30BO4P/c1-4-12-9-10-13(15-2)7-5-6-8-14(11-12)19-20(16,17)18-3/h12-15H,4-11H2,1-3H3,(H,16,17). The molecular weight excluding hydrogens is 274 g/mol. The van der Waals surface area contributed by atoms with Crippen molar-refractivity contribution in [3.05, 3.63) is 0 Å². The van der Waals surface area contributed by atoms with Gasteiger partial charge in [-0.3, -0.25) is 9.05 Å². The zero-order chi connectivity index (χ0) is 15.0. The van der Waals surface area contributed by atoms with E-state index in [0.29, 0.717) is 5.92 Å². The Balaban J connectivity index is 2.61. The van der Waals surface area contributed by atoms with Crippen molar-refractivity contribution in [2.75, 3.05) is 7.11 Å². The normalized spacial score (nSPS) is 32.3. The molecule has 4 atom stereocenters. The first kappa shape index (κ1) is 18.2. The van der Waals surface area contributed by atoms with Crippen LogP contribution in [-0.2, 0) is 13.6 Å². The average molecular weight is 304 g/mol. The molecule has 20 heavy (non-hydrogen) atoms. The predicted octanol–water partition coefficient (Wildman–Crippen LogP) is 4.16. The Kier molecular flexibility index (Phi) is 8.42. The largest absolute Gasteiger partial charge is 0.472 e. The minimum atomic E-state index is -3.86. The van der Waals surface area contributed by atoms with Gasteiger partial charge >= 0.3 is 7.82 Å². The molecule has 0 amide bonds. The van der Waals surface area contributed by atoms with Gasteiger partial charge in [-0.1, -0.05) is 58.1 Å². The summed E-state index contributed by atoms with van der Waals surface area (Å²) in [5.41, 5.74) is 0. The maximum Gasteiger partial charge on any atom is 0.472 e. The van der Waals surface area contributed by atoms with Gasteiger partial charge in [0.05, 0.1) is 6.10 Å². The van der Waals surface area contributed by atoms with E-state index in [-0.39, 0.29) is 6.10 Å². The van der Waals surface area contributed by atoms with Crippen LogP contribution in [0.1, 0.15) is 58.3 Å². The smallest absolute Gasteiger partial charge is 0.302 e. The highest BCUT2D eigenvalue weighted by atomic mass is 31.2. The number of phosphoric ester groups is 1. The molecular formula is C14H30BO4P. The van der Waals surface area contributed by atoms with Gasteiger partial charge in [-0.05, 0) is 18.8 Å². The van der Waals surface area contributed by atoms with Crippen LogP contribution in [0.2, 0.25) is 12.6 Å². The summed E-state index contributed by atoms with van der Waals surface area (Å²) in [7, 11) is -1.36. The monoisotopic (exact) mass is 304 g/mol. The fourth-order valence-corrected chi connectivity index (χ4v) is 3.79. The number of hydrogen-bond acceptors (Lipinski definition) is 3. The third-order valence-electron chi connectivity index (χ3n) is 4.64. The molecule has 4 unspecified atom stereocenters. The average Bonchev–Trinajstić information content (AvgIpc) is 2.44. The molecule has 0 bridgehead atoms. The Morgan fingerprint density at radius 2 is 1.95 bits per heavy atom. The molecule has 1 rings (SSSR count). The highest BCUT2D eigenvalue weighted by Gasteiger charge is 2.27. The van der Waals surface area contributed by atoms with Crippen LogP contribution in [0, 0.1) is 5.92 Å². The van der Waals surface area contributed by atoms with E-state index in [1.165, 1.54) is 40.1 Å². The fourth-order valence-electron chi connectivity index (χ4n) is 3.13.